The average Bonchev–Trinajstić information content (AvgIpc) is 3.32. The van der Waals surface area contributed by atoms with Gasteiger partial charge in [0.25, 0.3) is 0 Å². The lowest BCUT2D eigenvalue weighted by Gasteiger charge is -2.26. The third-order valence-electron chi connectivity index (χ3n) is 7.22. The van der Waals surface area contributed by atoms with Crippen LogP contribution in [-0.4, -0.2) is 39.0 Å². The highest BCUT2D eigenvalue weighted by atomic mass is 19.1. The number of piperidine rings is 1. The number of aromatic nitrogens is 3. The summed E-state index contributed by atoms with van der Waals surface area (Å²) in [4.78, 5) is 20.3. The molecule has 0 saturated carbocycles. The Morgan fingerprint density at radius 1 is 1.03 bits per heavy atom. The first-order valence-electron chi connectivity index (χ1n) is 13.0. The molecule has 1 unspecified atom stereocenters. The number of carbonyl (C=O) groups is 1. The molecule has 0 aliphatic carbocycles. The van der Waals surface area contributed by atoms with Gasteiger partial charge in [0, 0.05) is 35.8 Å². The molecule has 186 valence electrons. The number of ketones is 1. The minimum Gasteiger partial charge on any atom is -0.299 e. The number of halogens is 1. The van der Waals surface area contributed by atoms with E-state index >= 15 is 0 Å². The van der Waals surface area contributed by atoms with Crippen LogP contribution in [0, 0.1) is 11.7 Å². The van der Waals surface area contributed by atoms with E-state index in [1.165, 1.54) is 30.9 Å². The van der Waals surface area contributed by atoms with Crippen LogP contribution in [0.5, 0.6) is 0 Å². The van der Waals surface area contributed by atoms with Gasteiger partial charge in [-0.1, -0.05) is 31.5 Å². The number of hydrogen-bond donors (Lipinski definition) is 1. The van der Waals surface area contributed by atoms with Crippen molar-refractivity contribution in [2.75, 3.05) is 13.1 Å². The van der Waals surface area contributed by atoms with E-state index < -0.39 is 0 Å². The van der Waals surface area contributed by atoms with Gasteiger partial charge < -0.3 is 0 Å². The van der Waals surface area contributed by atoms with Crippen molar-refractivity contribution in [1.29, 1.82) is 0 Å². The molecule has 2 aromatic heterocycles. The number of nitrogens with one attached hydrogen (secondary N) is 1. The molecule has 1 fully saturated rings. The van der Waals surface area contributed by atoms with E-state index in [0.717, 1.165) is 66.5 Å². The number of rotatable bonds is 9. The van der Waals surface area contributed by atoms with Crippen molar-refractivity contribution in [2.45, 2.75) is 52.0 Å². The quantitative estimate of drug-likeness (QED) is 0.272. The second-order valence-corrected chi connectivity index (χ2v) is 10.0. The lowest BCUT2D eigenvalue weighted by atomic mass is 9.94. The van der Waals surface area contributed by atoms with Gasteiger partial charge in [-0.15, -0.1) is 0 Å². The van der Waals surface area contributed by atoms with Crippen molar-refractivity contribution in [3.05, 3.63) is 83.6 Å². The average molecular weight is 485 g/mol. The van der Waals surface area contributed by atoms with Crippen molar-refractivity contribution >= 4 is 16.7 Å². The second-order valence-electron chi connectivity index (χ2n) is 10.0. The monoisotopic (exact) mass is 484 g/mol. The third kappa shape index (κ3) is 5.71. The first-order chi connectivity index (χ1) is 17.6. The number of benzene rings is 2. The van der Waals surface area contributed by atoms with Gasteiger partial charge in [-0.3, -0.25) is 19.8 Å². The normalized spacial score (nSPS) is 15.3. The molecule has 1 saturated heterocycles. The van der Waals surface area contributed by atoms with Gasteiger partial charge in [0.15, 0.2) is 5.78 Å². The molecular weight excluding hydrogens is 451 g/mol. The summed E-state index contributed by atoms with van der Waals surface area (Å²) < 4.78 is 13.4. The number of fused-ring (bicyclic) bond motifs is 1. The minimum atomic E-state index is -0.220. The first-order valence-corrected chi connectivity index (χ1v) is 13.0. The van der Waals surface area contributed by atoms with E-state index in [9.17, 15) is 9.18 Å². The Balaban J connectivity index is 1.29. The van der Waals surface area contributed by atoms with Crippen LogP contribution in [0.3, 0.4) is 0 Å². The van der Waals surface area contributed by atoms with Gasteiger partial charge in [0.2, 0.25) is 0 Å². The maximum absolute atomic E-state index is 13.4. The van der Waals surface area contributed by atoms with E-state index in [4.69, 9.17) is 0 Å². The highest BCUT2D eigenvalue weighted by Crippen LogP contribution is 2.28. The maximum atomic E-state index is 13.4. The lowest BCUT2D eigenvalue weighted by Crippen LogP contribution is -2.29. The Morgan fingerprint density at radius 3 is 2.72 bits per heavy atom. The zero-order valence-electron chi connectivity index (χ0n) is 20.8. The predicted octanol–water partition coefficient (Wildman–Crippen LogP) is 6.59. The summed E-state index contributed by atoms with van der Waals surface area (Å²) in [5.74, 6) is -0.347. The lowest BCUT2D eigenvalue weighted by molar-refractivity contribution is 0.0919. The number of aromatic amines is 1. The fourth-order valence-electron chi connectivity index (χ4n) is 5.16. The van der Waals surface area contributed by atoms with Crippen LogP contribution in [0.2, 0.25) is 0 Å². The van der Waals surface area contributed by atoms with Crippen LogP contribution in [0.1, 0.15) is 60.6 Å². The van der Waals surface area contributed by atoms with Crippen molar-refractivity contribution in [1.82, 2.24) is 20.1 Å². The summed E-state index contributed by atoms with van der Waals surface area (Å²) in [7, 11) is 0. The summed E-state index contributed by atoms with van der Waals surface area (Å²) in [5, 5.41) is 8.24. The number of pyridine rings is 1. The molecule has 1 N–H and O–H groups in total. The number of aryl methyl sites for hydroxylation is 1. The molecule has 6 heteroatoms. The molecule has 0 radical (unpaired) electrons. The largest absolute Gasteiger partial charge is 0.299 e. The summed E-state index contributed by atoms with van der Waals surface area (Å²) >= 11 is 0. The summed E-state index contributed by atoms with van der Waals surface area (Å²) in [6, 6.07) is 15.0. The van der Waals surface area contributed by atoms with E-state index in [2.05, 4.69) is 32.2 Å². The van der Waals surface area contributed by atoms with E-state index in [1.54, 1.807) is 12.1 Å². The van der Waals surface area contributed by atoms with Crippen LogP contribution in [0.4, 0.5) is 4.39 Å². The van der Waals surface area contributed by atoms with Crippen molar-refractivity contribution in [2.24, 2.45) is 5.92 Å². The fourth-order valence-corrected chi connectivity index (χ4v) is 5.16. The van der Waals surface area contributed by atoms with Gasteiger partial charge in [-0.25, -0.2) is 4.39 Å². The van der Waals surface area contributed by atoms with Crippen LogP contribution in [0.15, 0.2) is 60.9 Å². The molecule has 5 nitrogen and oxygen atoms in total. The van der Waals surface area contributed by atoms with Gasteiger partial charge in [0.05, 0.1) is 5.52 Å². The summed E-state index contributed by atoms with van der Waals surface area (Å²) in [6.45, 7) is 5.17. The number of hydrogen-bond acceptors (Lipinski definition) is 4. The zero-order valence-corrected chi connectivity index (χ0v) is 20.8. The molecule has 5 rings (SSSR count). The number of nitrogens with zero attached hydrogens (tertiary/aromatic N) is 3. The number of H-pyrrole nitrogens is 1. The van der Waals surface area contributed by atoms with Crippen LogP contribution < -0.4 is 0 Å². The summed E-state index contributed by atoms with van der Waals surface area (Å²) in [6.07, 6.45) is 10.0. The van der Waals surface area contributed by atoms with Crippen LogP contribution >= 0.6 is 0 Å². The number of Topliss-reactive ketones (excluding diaryl/α,β-unsaturated/α-hetero) is 1. The van der Waals surface area contributed by atoms with E-state index in [1.807, 2.05) is 37.5 Å². The highest BCUT2D eigenvalue weighted by molar-refractivity contribution is 6.07. The number of carbonyl (C=O) groups excluding carboxylic acids is 1. The van der Waals surface area contributed by atoms with Gasteiger partial charge in [-0.2, -0.15) is 5.10 Å². The smallest absolute Gasteiger partial charge is 0.186 e. The number of likely N-dealkylation sites (tertiary alicyclic amines) is 1. The van der Waals surface area contributed by atoms with Crippen molar-refractivity contribution in [3.8, 4) is 11.1 Å². The zero-order chi connectivity index (χ0) is 24.9. The SMILES string of the molecule is CC(CCCc1cccc(F)c1)C(=O)c1n[nH]c2ccc(-c3cncc(CN4CCCCC4)c3)cc12. The van der Waals surface area contributed by atoms with Gasteiger partial charge in [-0.05, 0) is 92.2 Å². The van der Waals surface area contributed by atoms with E-state index in [0.29, 0.717) is 5.69 Å². The molecule has 1 aliphatic rings. The highest BCUT2D eigenvalue weighted by Gasteiger charge is 2.21. The van der Waals surface area contributed by atoms with Crippen molar-refractivity contribution < 1.29 is 9.18 Å². The Bertz CT molecular complexity index is 1340. The van der Waals surface area contributed by atoms with Gasteiger partial charge >= 0.3 is 0 Å². The van der Waals surface area contributed by atoms with Crippen LogP contribution in [-0.2, 0) is 13.0 Å². The first kappa shape index (κ1) is 24.3. The Kier molecular flexibility index (Phi) is 7.52. The van der Waals surface area contributed by atoms with Crippen LogP contribution in [0.25, 0.3) is 22.0 Å². The molecular formula is C30H33FN4O. The Hall–Kier alpha value is -3.38. The molecule has 1 atom stereocenters. The summed E-state index contributed by atoms with van der Waals surface area (Å²) in [5.41, 5.74) is 5.60. The van der Waals surface area contributed by atoms with Gasteiger partial charge in [0.1, 0.15) is 11.5 Å². The third-order valence-corrected chi connectivity index (χ3v) is 7.22. The maximum Gasteiger partial charge on any atom is 0.186 e. The topological polar surface area (TPSA) is 61.9 Å². The molecule has 4 aromatic rings. The molecule has 0 amide bonds. The molecule has 0 spiro atoms. The molecule has 2 aromatic carbocycles. The minimum absolute atomic E-state index is 0.0367. The Morgan fingerprint density at radius 2 is 1.89 bits per heavy atom. The second kappa shape index (κ2) is 11.1. The predicted molar refractivity (Wildman–Crippen MR) is 141 cm³/mol. The molecule has 0 bridgehead atoms. The molecule has 3 heterocycles. The fraction of sp³-hybridized carbons (Fsp3) is 0.367. The molecule has 36 heavy (non-hydrogen) atoms. The molecule has 1 aliphatic heterocycles. The standard InChI is InChI=1S/C30H33FN4O/c1-21(7-5-8-22-9-6-10-26(31)16-22)30(36)29-27-17-24(11-12-28(27)33-34-29)25-15-23(18-32-19-25)20-35-13-3-2-4-14-35/h6,9-12,15-19,21H,2-5,7-8,13-14,20H2,1H3,(H,33,34). The Labute approximate surface area is 211 Å². The van der Waals surface area contributed by atoms with E-state index in [-0.39, 0.29) is 17.5 Å². The van der Waals surface area contributed by atoms with Crippen molar-refractivity contribution in [3.63, 3.8) is 0 Å².